The van der Waals surface area contributed by atoms with Gasteiger partial charge in [0.25, 0.3) is 0 Å². The Morgan fingerprint density at radius 2 is 2.27 bits per heavy atom. The largest absolute Gasteiger partial charge is 0.300 e. The van der Waals surface area contributed by atoms with Crippen LogP contribution in [0.5, 0.6) is 0 Å². The van der Waals surface area contributed by atoms with Gasteiger partial charge in [-0.05, 0) is 37.3 Å². The maximum absolute atomic E-state index is 11.0. The van der Waals surface area contributed by atoms with Gasteiger partial charge in [0.15, 0.2) is 0 Å². The zero-order valence-corrected chi connectivity index (χ0v) is 9.80. The van der Waals surface area contributed by atoms with Crippen LogP contribution >= 0.6 is 0 Å². The Bertz CT molecular complexity index is 246. The number of allylic oxidation sites excluding steroid dienone is 1. The highest BCUT2D eigenvalue weighted by molar-refractivity contribution is 5.80. The normalized spacial score (nSPS) is 20.1. The van der Waals surface area contributed by atoms with Crippen molar-refractivity contribution in [1.29, 1.82) is 0 Å². The Morgan fingerprint density at radius 1 is 1.40 bits per heavy atom. The molecule has 1 aliphatic carbocycles. The fourth-order valence-corrected chi connectivity index (χ4v) is 1.95. The summed E-state index contributed by atoms with van der Waals surface area (Å²) >= 11 is 0. The molecule has 84 valence electrons. The molecule has 0 bridgehead atoms. The molecule has 15 heavy (non-hydrogen) atoms. The highest BCUT2D eigenvalue weighted by Crippen LogP contribution is 2.22. The number of Topliss-reactive ketones (excluding diaryl/α,β-unsaturated/α-hetero) is 1. The molecule has 1 heteroatoms. The molecule has 0 saturated heterocycles. The molecule has 0 spiro atoms. The van der Waals surface area contributed by atoms with E-state index in [0.717, 1.165) is 25.7 Å². The fourth-order valence-electron chi connectivity index (χ4n) is 1.95. The maximum Gasteiger partial charge on any atom is 0.133 e. The molecule has 0 amide bonds. The fraction of sp³-hybridized carbons (Fsp3) is 0.714. The average molecular weight is 206 g/mol. The molecule has 1 nitrogen and oxygen atoms in total. The smallest absolute Gasteiger partial charge is 0.133 e. The second kappa shape index (κ2) is 7.48. The molecule has 0 aromatic heterocycles. The van der Waals surface area contributed by atoms with Crippen molar-refractivity contribution < 1.29 is 4.79 Å². The summed E-state index contributed by atoms with van der Waals surface area (Å²) in [5.74, 6) is 0.894. The molecule has 1 rings (SSSR count). The van der Waals surface area contributed by atoms with Crippen LogP contribution in [0.4, 0.5) is 0 Å². The molecule has 0 radical (unpaired) electrons. The van der Waals surface area contributed by atoms with Crippen molar-refractivity contribution in [2.45, 2.75) is 58.3 Å². The van der Waals surface area contributed by atoms with Crippen LogP contribution in [0.1, 0.15) is 58.3 Å². The Labute approximate surface area is 93.3 Å². The average Bonchev–Trinajstić information content (AvgIpc) is 2.63. The van der Waals surface area contributed by atoms with Gasteiger partial charge in [-0.15, -0.1) is 5.73 Å². The number of hydrogen-bond donors (Lipinski definition) is 0. The molecule has 0 aliphatic heterocycles. The number of hydrogen-bond acceptors (Lipinski definition) is 1. The summed E-state index contributed by atoms with van der Waals surface area (Å²) in [4.78, 5) is 11.0. The Hall–Kier alpha value is -0.810. The van der Waals surface area contributed by atoms with E-state index in [0.29, 0.717) is 11.7 Å². The summed E-state index contributed by atoms with van der Waals surface area (Å²) in [5, 5.41) is 0. The number of ketones is 1. The molecular formula is C14H22O. The first-order chi connectivity index (χ1) is 7.33. The minimum atomic E-state index is 0.418. The van der Waals surface area contributed by atoms with E-state index in [1.807, 2.05) is 0 Å². The van der Waals surface area contributed by atoms with Gasteiger partial charge in [0, 0.05) is 12.8 Å². The zero-order valence-electron chi connectivity index (χ0n) is 9.80. The van der Waals surface area contributed by atoms with Crippen LogP contribution in [0.25, 0.3) is 0 Å². The zero-order chi connectivity index (χ0) is 10.9. The monoisotopic (exact) mass is 206 g/mol. The van der Waals surface area contributed by atoms with Crippen LogP contribution in [-0.4, -0.2) is 5.78 Å². The molecular weight excluding hydrogens is 184 g/mol. The van der Waals surface area contributed by atoms with E-state index in [2.05, 4.69) is 24.8 Å². The van der Waals surface area contributed by atoms with Crippen molar-refractivity contribution in [2.24, 2.45) is 5.92 Å². The van der Waals surface area contributed by atoms with Crippen LogP contribution in [0, 0.1) is 5.92 Å². The van der Waals surface area contributed by atoms with Crippen LogP contribution in [0.2, 0.25) is 0 Å². The predicted molar refractivity (Wildman–Crippen MR) is 63.8 cm³/mol. The van der Waals surface area contributed by atoms with Gasteiger partial charge in [0.1, 0.15) is 5.78 Å². The topological polar surface area (TPSA) is 17.1 Å². The van der Waals surface area contributed by atoms with E-state index in [1.165, 1.54) is 25.7 Å². The van der Waals surface area contributed by atoms with Crippen molar-refractivity contribution in [3.8, 4) is 0 Å². The van der Waals surface area contributed by atoms with E-state index in [-0.39, 0.29) is 0 Å². The lowest BCUT2D eigenvalue weighted by molar-refractivity contribution is -0.117. The minimum Gasteiger partial charge on any atom is -0.300 e. The number of rotatable bonds is 6. The maximum atomic E-state index is 11.0. The molecule has 1 unspecified atom stereocenters. The molecule has 1 fully saturated rings. The third-order valence-electron chi connectivity index (χ3n) is 2.94. The third-order valence-corrected chi connectivity index (χ3v) is 2.94. The highest BCUT2D eigenvalue weighted by Gasteiger charge is 2.18. The lowest BCUT2D eigenvalue weighted by Gasteiger charge is -1.95. The lowest BCUT2D eigenvalue weighted by Crippen LogP contribution is -1.89. The van der Waals surface area contributed by atoms with Gasteiger partial charge in [0.2, 0.25) is 0 Å². The summed E-state index contributed by atoms with van der Waals surface area (Å²) in [6.45, 7) is 2.23. The summed E-state index contributed by atoms with van der Waals surface area (Å²) in [5.41, 5.74) is 3.22. The Morgan fingerprint density at radius 3 is 2.93 bits per heavy atom. The van der Waals surface area contributed by atoms with Gasteiger partial charge < -0.3 is 0 Å². The van der Waals surface area contributed by atoms with E-state index < -0.39 is 0 Å². The van der Waals surface area contributed by atoms with Crippen molar-refractivity contribution in [3.05, 3.63) is 17.9 Å². The van der Waals surface area contributed by atoms with Gasteiger partial charge in [-0.1, -0.05) is 26.2 Å². The third kappa shape index (κ3) is 5.59. The minimum absolute atomic E-state index is 0.418. The lowest BCUT2D eigenvalue weighted by atomic mass is 10.1. The van der Waals surface area contributed by atoms with Gasteiger partial charge >= 0.3 is 0 Å². The Kier molecular flexibility index (Phi) is 6.11. The van der Waals surface area contributed by atoms with Gasteiger partial charge in [-0.2, -0.15) is 0 Å². The molecule has 0 aromatic carbocycles. The summed E-state index contributed by atoms with van der Waals surface area (Å²) in [6, 6.07) is 0. The first-order valence-corrected chi connectivity index (χ1v) is 6.25. The molecule has 1 saturated carbocycles. The van der Waals surface area contributed by atoms with E-state index >= 15 is 0 Å². The van der Waals surface area contributed by atoms with Crippen molar-refractivity contribution in [1.82, 2.24) is 0 Å². The standard InChI is InChI=1S/C14H22O/c1-2-3-4-5-6-7-8-9-13-10-11-14(15)12-13/h7,9,13H,2-6,10-12H2,1H3. The van der Waals surface area contributed by atoms with Crippen LogP contribution < -0.4 is 0 Å². The summed E-state index contributed by atoms with van der Waals surface area (Å²) < 4.78 is 0. The van der Waals surface area contributed by atoms with Crippen LogP contribution in [-0.2, 0) is 4.79 Å². The van der Waals surface area contributed by atoms with Crippen LogP contribution in [0.15, 0.2) is 17.9 Å². The number of unbranched alkanes of at least 4 members (excludes halogenated alkanes) is 4. The number of carbonyl (C=O) groups excluding carboxylic acids is 1. The first kappa shape index (κ1) is 12.3. The molecule has 0 heterocycles. The summed E-state index contributed by atoms with van der Waals surface area (Å²) in [7, 11) is 0. The van der Waals surface area contributed by atoms with Crippen LogP contribution in [0.3, 0.4) is 0 Å². The molecule has 0 N–H and O–H groups in total. The Balaban J connectivity index is 2.09. The van der Waals surface area contributed by atoms with Gasteiger partial charge in [-0.3, -0.25) is 4.79 Å². The predicted octanol–water partition coefficient (Wildman–Crippen LogP) is 4.04. The first-order valence-electron chi connectivity index (χ1n) is 6.25. The molecule has 1 aliphatic rings. The van der Waals surface area contributed by atoms with Crippen molar-refractivity contribution >= 4 is 5.78 Å². The number of carbonyl (C=O) groups is 1. The van der Waals surface area contributed by atoms with Crippen molar-refractivity contribution in [3.63, 3.8) is 0 Å². The highest BCUT2D eigenvalue weighted by atomic mass is 16.1. The SMILES string of the molecule is CCCCCCC=C=CC1CCC(=O)C1. The van der Waals surface area contributed by atoms with E-state index in [1.54, 1.807) is 0 Å². The summed E-state index contributed by atoms with van der Waals surface area (Å²) in [6.07, 6.45) is 13.2. The second-order valence-corrected chi connectivity index (χ2v) is 4.43. The second-order valence-electron chi connectivity index (χ2n) is 4.43. The van der Waals surface area contributed by atoms with E-state index in [4.69, 9.17) is 0 Å². The van der Waals surface area contributed by atoms with E-state index in [9.17, 15) is 4.79 Å². The van der Waals surface area contributed by atoms with Gasteiger partial charge in [0.05, 0.1) is 0 Å². The molecule has 1 atom stereocenters. The van der Waals surface area contributed by atoms with Gasteiger partial charge in [-0.25, -0.2) is 0 Å². The van der Waals surface area contributed by atoms with Crippen molar-refractivity contribution in [2.75, 3.05) is 0 Å². The quantitative estimate of drug-likeness (QED) is 0.473. The molecule has 0 aromatic rings.